The highest BCUT2D eigenvalue weighted by Crippen LogP contribution is 2.31. The number of rotatable bonds is 5. The van der Waals surface area contributed by atoms with Crippen LogP contribution < -0.4 is 16.0 Å². The summed E-state index contributed by atoms with van der Waals surface area (Å²) >= 11 is 5.80. The topological polar surface area (TPSA) is 129 Å². The zero-order chi connectivity index (χ0) is 22.3. The maximum atomic E-state index is 13.5. The van der Waals surface area contributed by atoms with Gasteiger partial charge in [-0.1, -0.05) is 11.6 Å². The number of carbonyl (C=O) groups excluding carboxylic acids is 3. The van der Waals surface area contributed by atoms with E-state index in [9.17, 15) is 23.9 Å². The molecular formula is C21H18ClFN4O4. The second-order valence-electron chi connectivity index (χ2n) is 7.32. The Labute approximate surface area is 180 Å². The second kappa shape index (κ2) is 7.68. The van der Waals surface area contributed by atoms with Gasteiger partial charge in [-0.25, -0.2) is 4.39 Å². The van der Waals surface area contributed by atoms with Gasteiger partial charge in [-0.05, 0) is 42.0 Å². The van der Waals surface area contributed by atoms with Crippen LogP contribution in [0.1, 0.15) is 22.3 Å². The molecule has 0 saturated carbocycles. The number of aromatic nitrogens is 1. The minimum Gasteiger partial charge on any atom is -0.372 e. The molecule has 0 aliphatic carbocycles. The largest absolute Gasteiger partial charge is 0.372 e. The van der Waals surface area contributed by atoms with E-state index in [1.54, 1.807) is 18.2 Å². The Balaban J connectivity index is 1.53. The Morgan fingerprint density at radius 1 is 1.29 bits per heavy atom. The minimum atomic E-state index is -2.27. The predicted octanol–water partition coefficient (Wildman–Crippen LogP) is 1.84. The summed E-state index contributed by atoms with van der Waals surface area (Å²) in [6.07, 6.45) is 1.35. The third-order valence-corrected chi connectivity index (χ3v) is 5.51. The van der Waals surface area contributed by atoms with E-state index in [0.717, 1.165) is 6.07 Å². The first kappa shape index (κ1) is 20.8. The first-order chi connectivity index (χ1) is 14.7. The van der Waals surface area contributed by atoms with Crippen molar-refractivity contribution in [3.8, 4) is 0 Å². The van der Waals surface area contributed by atoms with Crippen molar-refractivity contribution in [1.29, 1.82) is 0 Å². The van der Waals surface area contributed by atoms with Gasteiger partial charge < -0.3 is 26.0 Å². The van der Waals surface area contributed by atoms with E-state index < -0.39 is 29.1 Å². The van der Waals surface area contributed by atoms with Crippen molar-refractivity contribution in [3.63, 3.8) is 0 Å². The predicted molar refractivity (Wildman–Crippen MR) is 112 cm³/mol. The van der Waals surface area contributed by atoms with Crippen molar-refractivity contribution < 1.29 is 23.9 Å². The summed E-state index contributed by atoms with van der Waals surface area (Å²) in [7, 11) is 0. The average Bonchev–Trinajstić information content (AvgIpc) is 3.27. The van der Waals surface area contributed by atoms with E-state index in [4.69, 9.17) is 17.3 Å². The van der Waals surface area contributed by atoms with Gasteiger partial charge in [0.15, 0.2) is 0 Å². The summed E-state index contributed by atoms with van der Waals surface area (Å²) in [6, 6.07) is 8.71. The van der Waals surface area contributed by atoms with Crippen LogP contribution in [0.15, 0.2) is 42.6 Å². The summed E-state index contributed by atoms with van der Waals surface area (Å²) in [5.74, 6) is -2.86. The monoisotopic (exact) mass is 444 g/mol. The number of aromatic amines is 1. The highest BCUT2D eigenvalue weighted by Gasteiger charge is 2.51. The summed E-state index contributed by atoms with van der Waals surface area (Å²) in [6.45, 7) is -0.0143. The number of fused-ring (bicyclic) bond motifs is 1. The van der Waals surface area contributed by atoms with Crippen LogP contribution in [0.3, 0.4) is 0 Å². The van der Waals surface area contributed by atoms with Gasteiger partial charge >= 0.3 is 0 Å². The molecule has 0 radical (unpaired) electrons. The third-order valence-electron chi connectivity index (χ3n) is 5.29. The zero-order valence-electron chi connectivity index (χ0n) is 16.1. The number of benzene rings is 2. The molecule has 160 valence electrons. The van der Waals surface area contributed by atoms with Crippen LogP contribution in [-0.2, 0) is 16.1 Å². The smallest absolute Gasteiger partial charge is 0.268 e. The molecule has 3 aromatic rings. The van der Waals surface area contributed by atoms with Gasteiger partial charge in [0.05, 0.1) is 5.56 Å². The van der Waals surface area contributed by atoms with E-state index in [0.29, 0.717) is 22.2 Å². The molecule has 1 fully saturated rings. The quantitative estimate of drug-likeness (QED) is 0.447. The number of nitrogens with one attached hydrogen (secondary N) is 2. The normalized spacial score (nSPS) is 18.5. The maximum Gasteiger partial charge on any atom is 0.268 e. The molecular weight excluding hydrogens is 427 g/mol. The van der Waals surface area contributed by atoms with Crippen LogP contribution >= 0.6 is 11.6 Å². The van der Waals surface area contributed by atoms with Crippen LogP contribution in [0.4, 0.5) is 10.1 Å². The SMILES string of the molecule is NC(=O)c1c[nH]c2ccc(N3CCC(O)(C(=O)NCc4cc(F)cc(Cl)c4)C3=O)cc12. The van der Waals surface area contributed by atoms with E-state index in [1.807, 2.05) is 0 Å². The Hall–Kier alpha value is -3.43. The number of H-pyrrole nitrogens is 1. The molecule has 1 unspecified atom stereocenters. The highest BCUT2D eigenvalue weighted by atomic mass is 35.5. The summed E-state index contributed by atoms with van der Waals surface area (Å²) in [4.78, 5) is 41.3. The Morgan fingerprint density at radius 3 is 2.77 bits per heavy atom. The molecule has 1 aliphatic heterocycles. The van der Waals surface area contributed by atoms with Gasteiger partial charge in [-0.2, -0.15) is 0 Å². The number of hydrogen-bond donors (Lipinski definition) is 4. The fourth-order valence-corrected chi connectivity index (χ4v) is 3.93. The Bertz CT molecular complexity index is 1210. The van der Waals surface area contributed by atoms with Crippen molar-refractivity contribution in [2.24, 2.45) is 5.73 Å². The number of primary amides is 1. The highest BCUT2D eigenvalue weighted by molar-refractivity contribution is 6.30. The lowest BCUT2D eigenvalue weighted by Gasteiger charge is -2.22. The number of amides is 3. The van der Waals surface area contributed by atoms with E-state index >= 15 is 0 Å². The van der Waals surface area contributed by atoms with Crippen LogP contribution in [0, 0.1) is 5.82 Å². The molecule has 1 aromatic heterocycles. The number of aliphatic hydroxyl groups is 1. The number of carbonyl (C=O) groups is 3. The molecule has 8 nitrogen and oxygen atoms in total. The molecule has 0 bridgehead atoms. The molecule has 4 rings (SSSR count). The minimum absolute atomic E-state index is 0.0936. The number of nitrogens with zero attached hydrogens (tertiary/aromatic N) is 1. The Kier molecular flexibility index (Phi) is 5.16. The van der Waals surface area contributed by atoms with Crippen LogP contribution in [0.2, 0.25) is 5.02 Å². The van der Waals surface area contributed by atoms with E-state index in [1.165, 1.54) is 23.2 Å². The van der Waals surface area contributed by atoms with Crippen molar-refractivity contribution >= 4 is 45.9 Å². The number of anilines is 1. The van der Waals surface area contributed by atoms with Crippen LogP contribution in [0.25, 0.3) is 10.9 Å². The maximum absolute atomic E-state index is 13.5. The molecule has 2 aromatic carbocycles. The lowest BCUT2D eigenvalue weighted by molar-refractivity contribution is -0.149. The summed E-state index contributed by atoms with van der Waals surface area (Å²) in [5, 5.41) is 13.9. The molecule has 0 spiro atoms. The first-order valence-electron chi connectivity index (χ1n) is 9.37. The molecule has 3 amide bonds. The van der Waals surface area contributed by atoms with Crippen molar-refractivity contribution in [2.45, 2.75) is 18.6 Å². The number of halogens is 2. The summed E-state index contributed by atoms with van der Waals surface area (Å²) in [5.41, 5.74) is 4.84. The fraction of sp³-hybridized carbons (Fsp3) is 0.190. The van der Waals surface area contributed by atoms with Crippen molar-refractivity contribution in [3.05, 3.63) is 64.6 Å². The fourth-order valence-electron chi connectivity index (χ4n) is 3.68. The van der Waals surface area contributed by atoms with Crippen molar-refractivity contribution in [1.82, 2.24) is 10.3 Å². The molecule has 2 heterocycles. The molecule has 5 N–H and O–H groups in total. The molecule has 1 saturated heterocycles. The van der Waals surface area contributed by atoms with Gasteiger partial charge in [-0.15, -0.1) is 0 Å². The van der Waals surface area contributed by atoms with Crippen LogP contribution in [0.5, 0.6) is 0 Å². The van der Waals surface area contributed by atoms with Gasteiger partial charge in [0.1, 0.15) is 5.82 Å². The van der Waals surface area contributed by atoms with E-state index in [2.05, 4.69) is 10.3 Å². The van der Waals surface area contributed by atoms with E-state index in [-0.39, 0.29) is 30.1 Å². The molecule has 10 heteroatoms. The lowest BCUT2D eigenvalue weighted by atomic mass is 10.0. The Morgan fingerprint density at radius 2 is 2.06 bits per heavy atom. The lowest BCUT2D eigenvalue weighted by Crippen LogP contribution is -2.52. The van der Waals surface area contributed by atoms with Crippen molar-refractivity contribution in [2.75, 3.05) is 11.4 Å². The van der Waals surface area contributed by atoms with Gasteiger partial charge in [0.2, 0.25) is 5.60 Å². The van der Waals surface area contributed by atoms with Gasteiger partial charge in [0, 0.05) is 47.3 Å². The average molecular weight is 445 g/mol. The van der Waals surface area contributed by atoms with Gasteiger partial charge in [-0.3, -0.25) is 14.4 Å². The summed E-state index contributed by atoms with van der Waals surface area (Å²) < 4.78 is 13.5. The number of nitrogens with two attached hydrogens (primary N) is 1. The third kappa shape index (κ3) is 3.73. The number of hydrogen-bond acceptors (Lipinski definition) is 4. The standard InChI is InChI=1S/C21H18ClFN4O4/c22-12-5-11(6-13(23)7-12)9-26-19(29)21(31)3-4-27(20(21)30)14-1-2-17-15(8-14)16(10-25-17)18(24)28/h1-2,5-8,10,25,31H,3-4,9H2,(H2,24,28)(H,26,29). The molecule has 1 atom stereocenters. The molecule has 1 aliphatic rings. The first-order valence-corrected chi connectivity index (χ1v) is 9.75. The van der Waals surface area contributed by atoms with Crippen LogP contribution in [-0.4, -0.2) is 40.0 Å². The zero-order valence-corrected chi connectivity index (χ0v) is 16.9. The second-order valence-corrected chi connectivity index (χ2v) is 7.76. The molecule has 31 heavy (non-hydrogen) atoms. The van der Waals surface area contributed by atoms with Gasteiger partial charge in [0.25, 0.3) is 17.7 Å².